The molecule has 1 atom stereocenters. The molecule has 0 aliphatic carbocycles. The summed E-state index contributed by atoms with van der Waals surface area (Å²) in [4.78, 5) is 40.6. The van der Waals surface area contributed by atoms with Crippen molar-refractivity contribution in [3.8, 4) is 6.07 Å². The molecule has 2 aromatic carbocycles. The lowest BCUT2D eigenvalue weighted by atomic mass is 10.1. The molecule has 1 aliphatic heterocycles. The first-order valence-electron chi connectivity index (χ1n) is 10.4. The standard InChI is InChI=1S/C24H24FN3O4/c1-2-17-6-3-4-7-21(17)28-15-18(14-22(28)29)24(31)32-16-23(30)27(13-5-12-26)20-10-8-19(25)9-11-20/h3-4,6-11,18H,2,5,13-16H2,1H3. The third kappa shape index (κ3) is 5.30. The van der Waals surface area contributed by atoms with Gasteiger partial charge in [0.1, 0.15) is 5.82 Å². The number of nitrogens with zero attached hydrogens (tertiary/aromatic N) is 3. The van der Waals surface area contributed by atoms with Crippen molar-refractivity contribution >= 4 is 29.2 Å². The molecule has 0 spiro atoms. The van der Waals surface area contributed by atoms with Crippen molar-refractivity contribution in [2.24, 2.45) is 5.92 Å². The van der Waals surface area contributed by atoms with Crippen LogP contribution in [-0.4, -0.2) is 37.5 Å². The topological polar surface area (TPSA) is 90.7 Å². The zero-order chi connectivity index (χ0) is 23.1. The van der Waals surface area contributed by atoms with Gasteiger partial charge in [0.25, 0.3) is 5.91 Å². The van der Waals surface area contributed by atoms with Gasteiger partial charge in [-0.05, 0) is 42.3 Å². The number of hydrogen-bond donors (Lipinski definition) is 0. The van der Waals surface area contributed by atoms with Crippen LogP contribution >= 0.6 is 0 Å². The lowest BCUT2D eigenvalue weighted by Crippen LogP contribution is -2.36. The molecular formula is C24H24FN3O4. The largest absolute Gasteiger partial charge is 0.455 e. The minimum atomic E-state index is -0.668. The van der Waals surface area contributed by atoms with Gasteiger partial charge in [-0.15, -0.1) is 0 Å². The monoisotopic (exact) mass is 437 g/mol. The smallest absolute Gasteiger partial charge is 0.311 e. The second-order valence-corrected chi connectivity index (χ2v) is 7.43. The minimum Gasteiger partial charge on any atom is -0.455 e. The molecule has 32 heavy (non-hydrogen) atoms. The Kier molecular flexibility index (Phi) is 7.55. The number of ether oxygens (including phenoxy) is 1. The average molecular weight is 437 g/mol. The van der Waals surface area contributed by atoms with Crippen LogP contribution in [0.2, 0.25) is 0 Å². The minimum absolute atomic E-state index is 0.0151. The van der Waals surface area contributed by atoms with E-state index in [2.05, 4.69) is 0 Å². The second-order valence-electron chi connectivity index (χ2n) is 7.43. The Morgan fingerprint density at radius 3 is 2.62 bits per heavy atom. The summed E-state index contributed by atoms with van der Waals surface area (Å²) < 4.78 is 18.4. The van der Waals surface area contributed by atoms with Crippen molar-refractivity contribution in [2.75, 3.05) is 29.5 Å². The fourth-order valence-corrected chi connectivity index (χ4v) is 3.68. The van der Waals surface area contributed by atoms with Crippen molar-refractivity contribution in [3.05, 3.63) is 59.9 Å². The maximum Gasteiger partial charge on any atom is 0.311 e. The van der Waals surface area contributed by atoms with E-state index < -0.39 is 30.2 Å². The Morgan fingerprint density at radius 1 is 1.22 bits per heavy atom. The van der Waals surface area contributed by atoms with Gasteiger partial charge in [0.2, 0.25) is 5.91 Å². The van der Waals surface area contributed by atoms with Crippen LogP contribution in [0.5, 0.6) is 0 Å². The van der Waals surface area contributed by atoms with E-state index in [0.717, 1.165) is 17.7 Å². The maximum absolute atomic E-state index is 13.2. The molecule has 0 N–H and O–H groups in total. The summed E-state index contributed by atoms with van der Waals surface area (Å²) in [5.41, 5.74) is 2.20. The SMILES string of the molecule is CCc1ccccc1N1CC(C(=O)OCC(=O)N(CCC#N)c2ccc(F)cc2)CC1=O. The Morgan fingerprint density at radius 2 is 1.94 bits per heavy atom. The third-order valence-electron chi connectivity index (χ3n) is 5.35. The number of benzene rings is 2. The van der Waals surface area contributed by atoms with E-state index in [1.54, 1.807) is 4.90 Å². The first-order chi connectivity index (χ1) is 15.4. The van der Waals surface area contributed by atoms with Crippen molar-refractivity contribution in [1.29, 1.82) is 5.26 Å². The number of aryl methyl sites for hydroxylation is 1. The number of hydrogen-bond acceptors (Lipinski definition) is 5. The number of nitriles is 1. The van der Waals surface area contributed by atoms with E-state index in [1.807, 2.05) is 37.3 Å². The van der Waals surface area contributed by atoms with E-state index in [4.69, 9.17) is 10.00 Å². The van der Waals surface area contributed by atoms with E-state index in [-0.39, 0.29) is 31.8 Å². The number of rotatable bonds is 8. The summed E-state index contributed by atoms with van der Waals surface area (Å²) in [6, 6.07) is 14.8. The summed E-state index contributed by atoms with van der Waals surface area (Å²) >= 11 is 0. The van der Waals surface area contributed by atoms with E-state index >= 15 is 0 Å². The van der Waals surface area contributed by atoms with Crippen molar-refractivity contribution in [1.82, 2.24) is 0 Å². The Balaban J connectivity index is 1.62. The Labute approximate surface area is 186 Å². The highest BCUT2D eigenvalue weighted by Gasteiger charge is 2.37. The van der Waals surface area contributed by atoms with Crippen LogP contribution in [0.4, 0.5) is 15.8 Å². The van der Waals surface area contributed by atoms with Crippen LogP contribution < -0.4 is 9.80 Å². The second kappa shape index (κ2) is 10.5. The molecule has 2 aromatic rings. The molecule has 166 valence electrons. The average Bonchev–Trinajstić information content (AvgIpc) is 3.20. The normalized spacial score (nSPS) is 15.3. The zero-order valence-electron chi connectivity index (χ0n) is 17.8. The van der Waals surface area contributed by atoms with Gasteiger partial charge in [0, 0.05) is 30.9 Å². The molecule has 8 heteroatoms. The molecule has 0 bridgehead atoms. The highest BCUT2D eigenvalue weighted by Crippen LogP contribution is 2.29. The van der Waals surface area contributed by atoms with E-state index in [1.165, 1.54) is 29.2 Å². The molecule has 0 aromatic heterocycles. The van der Waals surface area contributed by atoms with E-state index in [0.29, 0.717) is 5.69 Å². The number of para-hydroxylation sites is 1. The summed E-state index contributed by atoms with van der Waals surface area (Å²) in [7, 11) is 0. The predicted molar refractivity (Wildman–Crippen MR) is 116 cm³/mol. The summed E-state index contributed by atoms with van der Waals surface area (Å²) in [5, 5.41) is 8.86. The van der Waals surface area contributed by atoms with Crippen LogP contribution in [0, 0.1) is 23.1 Å². The summed E-state index contributed by atoms with van der Waals surface area (Å²) in [5.74, 6) is -2.44. The van der Waals surface area contributed by atoms with Crippen molar-refractivity contribution < 1.29 is 23.5 Å². The number of halogens is 1. The first kappa shape index (κ1) is 22.9. The number of anilines is 2. The van der Waals surface area contributed by atoms with Gasteiger partial charge < -0.3 is 14.5 Å². The van der Waals surface area contributed by atoms with Crippen LogP contribution in [0.3, 0.4) is 0 Å². The fourth-order valence-electron chi connectivity index (χ4n) is 3.68. The maximum atomic E-state index is 13.2. The predicted octanol–water partition coefficient (Wildman–Crippen LogP) is 3.23. The van der Waals surface area contributed by atoms with Gasteiger partial charge in [-0.2, -0.15) is 5.26 Å². The lowest BCUT2D eigenvalue weighted by Gasteiger charge is -2.22. The van der Waals surface area contributed by atoms with Gasteiger partial charge in [0.15, 0.2) is 6.61 Å². The van der Waals surface area contributed by atoms with Gasteiger partial charge >= 0.3 is 5.97 Å². The van der Waals surface area contributed by atoms with Crippen LogP contribution in [0.15, 0.2) is 48.5 Å². The molecule has 0 radical (unpaired) electrons. The lowest BCUT2D eigenvalue weighted by molar-refractivity contribution is -0.151. The first-order valence-corrected chi connectivity index (χ1v) is 10.4. The molecule has 1 heterocycles. The number of carbonyl (C=O) groups is 3. The van der Waals surface area contributed by atoms with Crippen LogP contribution in [0.25, 0.3) is 0 Å². The molecule has 1 unspecified atom stereocenters. The quantitative estimate of drug-likeness (QED) is 0.592. The van der Waals surface area contributed by atoms with Gasteiger partial charge in [-0.3, -0.25) is 14.4 Å². The number of carbonyl (C=O) groups excluding carboxylic acids is 3. The van der Waals surface area contributed by atoms with Gasteiger partial charge in [-0.1, -0.05) is 25.1 Å². The molecular weight excluding hydrogens is 413 g/mol. The van der Waals surface area contributed by atoms with Crippen molar-refractivity contribution in [2.45, 2.75) is 26.2 Å². The molecule has 1 aliphatic rings. The molecule has 2 amide bonds. The highest BCUT2D eigenvalue weighted by atomic mass is 19.1. The molecule has 1 saturated heterocycles. The fraction of sp³-hybridized carbons (Fsp3) is 0.333. The molecule has 7 nitrogen and oxygen atoms in total. The van der Waals surface area contributed by atoms with Crippen molar-refractivity contribution in [3.63, 3.8) is 0 Å². The van der Waals surface area contributed by atoms with Crippen LogP contribution in [-0.2, 0) is 25.5 Å². The number of amides is 2. The zero-order valence-corrected chi connectivity index (χ0v) is 17.8. The summed E-state index contributed by atoms with van der Waals surface area (Å²) in [6.07, 6.45) is 0.840. The Bertz CT molecular complexity index is 1030. The van der Waals surface area contributed by atoms with E-state index in [9.17, 15) is 18.8 Å². The van der Waals surface area contributed by atoms with Crippen LogP contribution in [0.1, 0.15) is 25.3 Å². The molecule has 1 fully saturated rings. The number of esters is 1. The Hall–Kier alpha value is -3.73. The molecule has 0 saturated carbocycles. The van der Waals surface area contributed by atoms with Gasteiger partial charge in [0.05, 0.1) is 18.4 Å². The molecule has 3 rings (SSSR count). The third-order valence-corrected chi connectivity index (χ3v) is 5.35. The highest BCUT2D eigenvalue weighted by molar-refractivity contribution is 6.00. The summed E-state index contributed by atoms with van der Waals surface area (Å²) in [6.45, 7) is 1.74. The van der Waals surface area contributed by atoms with Gasteiger partial charge in [-0.25, -0.2) is 4.39 Å².